The maximum Gasteiger partial charge on any atom is 0.181 e. The van der Waals surface area contributed by atoms with E-state index in [1.54, 1.807) is 0 Å². The van der Waals surface area contributed by atoms with Crippen LogP contribution in [0.3, 0.4) is 0 Å². The zero-order valence-corrected chi connectivity index (χ0v) is 9.94. The van der Waals surface area contributed by atoms with Gasteiger partial charge in [-0.15, -0.1) is 0 Å². The van der Waals surface area contributed by atoms with E-state index in [-0.39, 0.29) is 12.2 Å². The van der Waals surface area contributed by atoms with Gasteiger partial charge in [0.2, 0.25) is 0 Å². The van der Waals surface area contributed by atoms with Crippen LogP contribution in [0, 0.1) is 17.5 Å². The number of nitrogens with one attached hydrogen (secondary N) is 1. The van der Waals surface area contributed by atoms with Crippen molar-refractivity contribution in [2.45, 2.75) is 6.54 Å². The van der Waals surface area contributed by atoms with Crippen LogP contribution in [-0.2, 0) is 6.54 Å². The molecule has 0 unspecified atom stereocenters. The molecule has 18 heavy (non-hydrogen) atoms. The van der Waals surface area contributed by atoms with E-state index in [1.165, 1.54) is 30.3 Å². The third-order valence-corrected chi connectivity index (χ3v) is 2.80. The van der Waals surface area contributed by atoms with Crippen LogP contribution < -0.4 is 5.32 Å². The molecule has 0 atom stereocenters. The van der Waals surface area contributed by atoms with E-state index < -0.39 is 17.5 Å². The monoisotopic (exact) mass is 271 g/mol. The lowest BCUT2D eigenvalue weighted by Gasteiger charge is -2.09. The van der Waals surface area contributed by atoms with Crippen molar-refractivity contribution in [2.24, 2.45) is 0 Å². The van der Waals surface area contributed by atoms with Crippen molar-refractivity contribution in [1.29, 1.82) is 0 Å². The fourth-order valence-corrected chi connectivity index (χ4v) is 1.69. The zero-order chi connectivity index (χ0) is 13.1. The third-order valence-electron chi connectivity index (χ3n) is 2.43. The van der Waals surface area contributed by atoms with Gasteiger partial charge in [0.15, 0.2) is 11.6 Å². The first-order chi connectivity index (χ1) is 8.58. The fraction of sp³-hybridized carbons (Fsp3) is 0.0769. The zero-order valence-electron chi connectivity index (χ0n) is 9.18. The molecule has 0 aromatic heterocycles. The molecular formula is C13H9ClF3N. The van der Waals surface area contributed by atoms with Crippen LogP contribution in [0.1, 0.15) is 5.56 Å². The third kappa shape index (κ3) is 2.76. The molecule has 0 fully saturated rings. The molecule has 0 spiro atoms. The van der Waals surface area contributed by atoms with Crippen molar-refractivity contribution in [3.63, 3.8) is 0 Å². The fourth-order valence-electron chi connectivity index (χ4n) is 1.51. The van der Waals surface area contributed by atoms with E-state index in [9.17, 15) is 13.2 Å². The average molecular weight is 272 g/mol. The van der Waals surface area contributed by atoms with Crippen molar-refractivity contribution >= 4 is 17.3 Å². The summed E-state index contributed by atoms with van der Waals surface area (Å²) in [5.74, 6) is -2.34. The molecule has 0 radical (unpaired) electrons. The molecule has 0 saturated carbocycles. The summed E-state index contributed by atoms with van der Waals surface area (Å²) in [6.07, 6.45) is 0. The Morgan fingerprint density at radius 2 is 1.83 bits per heavy atom. The Morgan fingerprint density at radius 3 is 2.61 bits per heavy atom. The van der Waals surface area contributed by atoms with Gasteiger partial charge in [-0.1, -0.05) is 17.7 Å². The lowest BCUT2D eigenvalue weighted by molar-refractivity contribution is 0.511. The van der Waals surface area contributed by atoms with Crippen LogP contribution in [0.4, 0.5) is 18.9 Å². The highest BCUT2D eigenvalue weighted by molar-refractivity contribution is 6.31. The van der Waals surface area contributed by atoms with Gasteiger partial charge in [0.1, 0.15) is 5.82 Å². The molecule has 1 nitrogen and oxygen atoms in total. The number of benzene rings is 2. The van der Waals surface area contributed by atoms with Gasteiger partial charge in [-0.05, 0) is 35.9 Å². The van der Waals surface area contributed by atoms with E-state index in [2.05, 4.69) is 5.32 Å². The minimum atomic E-state index is -0.968. The number of anilines is 1. The molecule has 0 saturated heterocycles. The first kappa shape index (κ1) is 12.8. The van der Waals surface area contributed by atoms with Gasteiger partial charge < -0.3 is 5.32 Å². The van der Waals surface area contributed by atoms with Crippen LogP contribution in [0.25, 0.3) is 0 Å². The summed E-state index contributed by atoms with van der Waals surface area (Å²) in [6.45, 7) is 0.108. The van der Waals surface area contributed by atoms with Crippen molar-refractivity contribution in [2.75, 3.05) is 5.32 Å². The molecule has 94 valence electrons. The lowest BCUT2D eigenvalue weighted by Crippen LogP contribution is -2.03. The Labute approximate surface area is 107 Å². The van der Waals surface area contributed by atoms with Gasteiger partial charge in [-0.25, -0.2) is 13.2 Å². The molecule has 2 rings (SSSR count). The van der Waals surface area contributed by atoms with Gasteiger partial charge in [-0.3, -0.25) is 0 Å². The Morgan fingerprint density at radius 1 is 1.06 bits per heavy atom. The number of halogens is 4. The van der Waals surface area contributed by atoms with Crippen LogP contribution in [-0.4, -0.2) is 0 Å². The van der Waals surface area contributed by atoms with Crippen LogP contribution in [0.2, 0.25) is 5.02 Å². The topological polar surface area (TPSA) is 12.0 Å². The van der Waals surface area contributed by atoms with Crippen LogP contribution in [0.15, 0.2) is 36.4 Å². The summed E-state index contributed by atoms with van der Waals surface area (Å²) < 4.78 is 39.3. The van der Waals surface area contributed by atoms with Gasteiger partial charge in [0, 0.05) is 11.6 Å². The molecule has 0 amide bonds. The van der Waals surface area contributed by atoms with Crippen LogP contribution >= 0.6 is 11.6 Å². The van der Waals surface area contributed by atoms with Crippen LogP contribution in [0.5, 0.6) is 0 Å². The average Bonchev–Trinajstić information content (AvgIpc) is 2.35. The standard InChI is InChI=1S/C13H9ClF3N/c14-10-5-4-9(15)6-8(10)7-18-12-3-1-2-11(16)13(12)17/h1-6,18H,7H2. The van der Waals surface area contributed by atoms with Gasteiger partial charge >= 0.3 is 0 Å². The Bertz CT molecular complexity index is 570. The van der Waals surface area contributed by atoms with E-state index in [1.807, 2.05) is 0 Å². The maximum atomic E-state index is 13.3. The highest BCUT2D eigenvalue weighted by atomic mass is 35.5. The molecule has 0 bridgehead atoms. The minimum Gasteiger partial charge on any atom is -0.378 e. The number of hydrogen-bond donors (Lipinski definition) is 1. The van der Waals surface area contributed by atoms with E-state index in [0.29, 0.717) is 10.6 Å². The molecule has 0 aliphatic carbocycles. The van der Waals surface area contributed by atoms with Gasteiger partial charge in [-0.2, -0.15) is 0 Å². The molecule has 2 aromatic carbocycles. The van der Waals surface area contributed by atoms with Gasteiger partial charge in [0.25, 0.3) is 0 Å². The number of rotatable bonds is 3. The molecule has 1 N–H and O–H groups in total. The van der Waals surface area contributed by atoms with E-state index in [4.69, 9.17) is 11.6 Å². The predicted molar refractivity (Wildman–Crippen MR) is 65.1 cm³/mol. The largest absolute Gasteiger partial charge is 0.378 e. The van der Waals surface area contributed by atoms with E-state index in [0.717, 1.165) is 6.07 Å². The summed E-state index contributed by atoms with van der Waals surface area (Å²) in [4.78, 5) is 0. The minimum absolute atomic E-state index is 0.00956. The van der Waals surface area contributed by atoms with Gasteiger partial charge in [0.05, 0.1) is 5.69 Å². The Hall–Kier alpha value is -1.68. The quantitative estimate of drug-likeness (QED) is 0.874. The van der Waals surface area contributed by atoms with Crippen molar-refractivity contribution in [1.82, 2.24) is 0 Å². The maximum absolute atomic E-state index is 13.3. The first-order valence-corrected chi connectivity index (χ1v) is 5.57. The molecule has 5 heteroatoms. The summed E-state index contributed by atoms with van der Waals surface area (Å²) >= 11 is 5.86. The first-order valence-electron chi connectivity index (χ1n) is 5.20. The highest BCUT2D eigenvalue weighted by Gasteiger charge is 2.08. The summed E-state index contributed by atoms with van der Waals surface area (Å²) in [5, 5.41) is 3.03. The van der Waals surface area contributed by atoms with Crippen molar-refractivity contribution in [3.05, 3.63) is 64.4 Å². The summed E-state index contributed by atoms with van der Waals surface area (Å²) in [6, 6.07) is 7.69. The normalized spacial score (nSPS) is 10.4. The molecule has 2 aromatic rings. The SMILES string of the molecule is Fc1ccc(Cl)c(CNc2cccc(F)c2F)c1. The van der Waals surface area contributed by atoms with E-state index >= 15 is 0 Å². The highest BCUT2D eigenvalue weighted by Crippen LogP contribution is 2.21. The second-order valence-electron chi connectivity index (χ2n) is 3.69. The number of hydrogen-bond acceptors (Lipinski definition) is 1. The van der Waals surface area contributed by atoms with Crippen molar-refractivity contribution in [3.8, 4) is 0 Å². The lowest BCUT2D eigenvalue weighted by atomic mass is 10.2. The second kappa shape index (κ2) is 5.31. The smallest absolute Gasteiger partial charge is 0.181 e. The predicted octanol–water partition coefficient (Wildman–Crippen LogP) is 4.37. The Balaban J connectivity index is 2.16. The molecule has 0 aliphatic heterocycles. The summed E-state index contributed by atoms with van der Waals surface area (Å²) in [7, 11) is 0. The summed E-state index contributed by atoms with van der Waals surface area (Å²) in [5.41, 5.74) is 0.482. The molecule has 0 heterocycles. The molecular weight excluding hydrogens is 263 g/mol. The van der Waals surface area contributed by atoms with Crippen molar-refractivity contribution < 1.29 is 13.2 Å². The molecule has 0 aliphatic rings. The Kier molecular flexibility index (Phi) is 3.77. The second-order valence-corrected chi connectivity index (χ2v) is 4.10.